The van der Waals surface area contributed by atoms with E-state index in [-0.39, 0.29) is 12.5 Å². The van der Waals surface area contributed by atoms with Gasteiger partial charge in [-0.15, -0.1) is 0 Å². The number of amides is 1. The van der Waals surface area contributed by atoms with E-state index in [2.05, 4.69) is 5.32 Å². The monoisotopic (exact) mass is 323 g/mol. The van der Waals surface area contributed by atoms with E-state index in [1.165, 1.54) is 13.8 Å². The first-order valence-corrected chi connectivity index (χ1v) is 7.56. The number of nitrogens with one attached hydrogen (secondary N) is 1. The fourth-order valence-corrected chi connectivity index (χ4v) is 3.06. The summed E-state index contributed by atoms with van der Waals surface area (Å²) in [6.07, 6.45) is -3.09. The Kier molecular flexibility index (Phi) is 4.39. The van der Waals surface area contributed by atoms with Gasteiger partial charge in [0.15, 0.2) is 12.1 Å². The number of fused-ring (bicyclic) bond motifs is 1. The van der Waals surface area contributed by atoms with Gasteiger partial charge in [0.25, 0.3) is 0 Å². The van der Waals surface area contributed by atoms with Gasteiger partial charge in [0.2, 0.25) is 5.91 Å². The van der Waals surface area contributed by atoms with E-state index in [0.717, 1.165) is 5.56 Å². The molecular weight excluding hydrogens is 302 g/mol. The van der Waals surface area contributed by atoms with Gasteiger partial charge in [-0.3, -0.25) is 4.79 Å². The van der Waals surface area contributed by atoms with E-state index in [1.54, 1.807) is 0 Å². The van der Waals surface area contributed by atoms with Gasteiger partial charge < -0.3 is 29.7 Å². The zero-order valence-electron chi connectivity index (χ0n) is 13.0. The molecule has 2 aliphatic rings. The molecule has 6 atom stereocenters. The maximum Gasteiger partial charge on any atom is 0.217 e. The van der Waals surface area contributed by atoms with Gasteiger partial charge in [0.05, 0.1) is 6.61 Å². The van der Waals surface area contributed by atoms with E-state index in [4.69, 9.17) is 14.2 Å². The highest BCUT2D eigenvalue weighted by Crippen LogP contribution is 2.36. The van der Waals surface area contributed by atoms with Crippen LogP contribution in [-0.2, 0) is 19.0 Å². The van der Waals surface area contributed by atoms with Gasteiger partial charge in [-0.2, -0.15) is 0 Å². The summed E-state index contributed by atoms with van der Waals surface area (Å²) >= 11 is 0. The number of hydrogen-bond donors (Lipinski definition) is 3. The zero-order chi connectivity index (χ0) is 16.6. The Labute approximate surface area is 134 Å². The molecule has 2 heterocycles. The molecule has 3 rings (SSSR count). The molecule has 0 radical (unpaired) electrons. The van der Waals surface area contributed by atoms with Crippen LogP contribution in [0.25, 0.3) is 0 Å². The Morgan fingerprint density at radius 1 is 1.35 bits per heavy atom. The molecule has 23 heavy (non-hydrogen) atoms. The summed E-state index contributed by atoms with van der Waals surface area (Å²) in [5, 5.41) is 23.5. The Balaban J connectivity index is 1.79. The van der Waals surface area contributed by atoms with Crippen LogP contribution in [0.4, 0.5) is 0 Å². The summed E-state index contributed by atoms with van der Waals surface area (Å²) in [5.74, 6) is -2.08. The third kappa shape index (κ3) is 3.24. The van der Waals surface area contributed by atoms with Crippen molar-refractivity contribution in [1.82, 2.24) is 5.32 Å². The SMILES string of the molecule is CC(=O)NC1C(O)C2OC(c3ccccc3)OCC2OC1(C)O. The Bertz CT molecular complexity index is 563. The second-order valence-corrected chi connectivity index (χ2v) is 6.06. The molecule has 0 aromatic heterocycles. The molecule has 0 spiro atoms. The average Bonchev–Trinajstić information content (AvgIpc) is 2.51. The number of aliphatic hydroxyl groups is 2. The predicted octanol–water partition coefficient (Wildman–Crippen LogP) is 0.0735. The molecule has 2 saturated heterocycles. The number of carbonyl (C=O) groups is 1. The molecule has 2 aliphatic heterocycles. The summed E-state index contributed by atoms with van der Waals surface area (Å²) < 4.78 is 17.0. The van der Waals surface area contributed by atoms with Crippen molar-refractivity contribution in [3.63, 3.8) is 0 Å². The number of ether oxygens (including phenoxy) is 3. The van der Waals surface area contributed by atoms with Crippen molar-refractivity contribution < 1.29 is 29.2 Å². The molecule has 7 heteroatoms. The fraction of sp³-hybridized carbons (Fsp3) is 0.562. The van der Waals surface area contributed by atoms with E-state index in [0.29, 0.717) is 0 Å². The standard InChI is InChI=1S/C16H21NO6/c1-9(18)17-14-12(19)13-11(23-16(14,2)20)8-21-15(22-13)10-6-4-3-5-7-10/h3-7,11-15,19-20H,8H2,1-2H3,(H,17,18). The summed E-state index contributed by atoms with van der Waals surface area (Å²) in [6, 6.07) is 8.36. The van der Waals surface area contributed by atoms with Crippen LogP contribution in [0.3, 0.4) is 0 Å². The van der Waals surface area contributed by atoms with E-state index < -0.39 is 36.4 Å². The highest BCUT2D eigenvalue weighted by Gasteiger charge is 2.54. The molecule has 0 saturated carbocycles. The first kappa shape index (κ1) is 16.4. The van der Waals surface area contributed by atoms with Gasteiger partial charge in [-0.1, -0.05) is 30.3 Å². The minimum absolute atomic E-state index is 0.171. The molecule has 2 fully saturated rings. The van der Waals surface area contributed by atoms with Crippen molar-refractivity contribution in [3.05, 3.63) is 35.9 Å². The molecule has 0 bridgehead atoms. The largest absolute Gasteiger partial charge is 0.388 e. The van der Waals surface area contributed by atoms with E-state index in [9.17, 15) is 15.0 Å². The Morgan fingerprint density at radius 3 is 2.70 bits per heavy atom. The van der Waals surface area contributed by atoms with Crippen molar-refractivity contribution in [2.45, 2.75) is 50.3 Å². The van der Waals surface area contributed by atoms with Crippen LogP contribution >= 0.6 is 0 Å². The molecule has 6 unspecified atom stereocenters. The minimum Gasteiger partial charge on any atom is -0.388 e. The molecule has 1 amide bonds. The van der Waals surface area contributed by atoms with Gasteiger partial charge in [0.1, 0.15) is 24.4 Å². The normalized spacial score (nSPS) is 40.3. The lowest BCUT2D eigenvalue weighted by atomic mass is 9.90. The van der Waals surface area contributed by atoms with Crippen LogP contribution in [0.1, 0.15) is 25.7 Å². The minimum atomic E-state index is -1.71. The maximum absolute atomic E-state index is 11.3. The maximum atomic E-state index is 11.3. The molecule has 1 aromatic rings. The third-order valence-corrected chi connectivity index (χ3v) is 4.13. The highest BCUT2D eigenvalue weighted by atomic mass is 16.7. The quantitative estimate of drug-likeness (QED) is 0.713. The lowest BCUT2D eigenvalue weighted by Crippen LogP contribution is -2.70. The lowest BCUT2D eigenvalue weighted by Gasteiger charge is -2.50. The van der Waals surface area contributed by atoms with E-state index in [1.807, 2.05) is 30.3 Å². The van der Waals surface area contributed by atoms with Crippen molar-refractivity contribution in [3.8, 4) is 0 Å². The molecule has 3 N–H and O–H groups in total. The van der Waals surface area contributed by atoms with Crippen LogP contribution in [0.5, 0.6) is 0 Å². The second-order valence-electron chi connectivity index (χ2n) is 6.06. The van der Waals surface area contributed by atoms with Crippen LogP contribution in [0.15, 0.2) is 30.3 Å². The second kappa shape index (κ2) is 6.18. The zero-order valence-corrected chi connectivity index (χ0v) is 13.0. The number of benzene rings is 1. The first-order valence-electron chi connectivity index (χ1n) is 7.56. The average molecular weight is 323 g/mol. The van der Waals surface area contributed by atoms with Gasteiger partial charge in [-0.25, -0.2) is 0 Å². The van der Waals surface area contributed by atoms with Crippen molar-refractivity contribution in [2.75, 3.05) is 6.61 Å². The summed E-state index contributed by atoms with van der Waals surface area (Å²) in [4.78, 5) is 11.3. The van der Waals surface area contributed by atoms with Crippen molar-refractivity contribution in [1.29, 1.82) is 0 Å². The molecule has 0 aliphatic carbocycles. The molecule has 1 aromatic carbocycles. The van der Waals surface area contributed by atoms with Crippen molar-refractivity contribution >= 4 is 5.91 Å². The number of aliphatic hydroxyl groups excluding tert-OH is 1. The first-order chi connectivity index (χ1) is 10.9. The van der Waals surface area contributed by atoms with Crippen LogP contribution in [0.2, 0.25) is 0 Å². The fourth-order valence-electron chi connectivity index (χ4n) is 3.06. The van der Waals surface area contributed by atoms with Gasteiger partial charge >= 0.3 is 0 Å². The van der Waals surface area contributed by atoms with Crippen LogP contribution in [0, 0.1) is 0 Å². The molecule has 126 valence electrons. The topological polar surface area (TPSA) is 97.3 Å². The van der Waals surface area contributed by atoms with Crippen LogP contribution in [-0.4, -0.2) is 52.9 Å². The third-order valence-electron chi connectivity index (χ3n) is 4.13. The Morgan fingerprint density at radius 2 is 2.04 bits per heavy atom. The lowest BCUT2D eigenvalue weighted by molar-refractivity contribution is -0.367. The summed E-state index contributed by atoms with van der Waals surface area (Å²) in [7, 11) is 0. The summed E-state index contributed by atoms with van der Waals surface area (Å²) in [5.41, 5.74) is 0.826. The predicted molar refractivity (Wildman–Crippen MR) is 79.1 cm³/mol. The smallest absolute Gasteiger partial charge is 0.217 e. The highest BCUT2D eigenvalue weighted by molar-refractivity contribution is 5.73. The Hall–Kier alpha value is -1.51. The number of rotatable bonds is 2. The number of carbonyl (C=O) groups excluding carboxylic acids is 1. The summed E-state index contributed by atoms with van der Waals surface area (Å²) in [6.45, 7) is 2.88. The molecule has 7 nitrogen and oxygen atoms in total. The number of hydrogen-bond acceptors (Lipinski definition) is 6. The van der Waals surface area contributed by atoms with E-state index >= 15 is 0 Å². The van der Waals surface area contributed by atoms with Gasteiger partial charge in [-0.05, 0) is 6.92 Å². The van der Waals surface area contributed by atoms with Crippen molar-refractivity contribution in [2.24, 2.45) is 0 Å². The molecular formula is C16H21NO6. The van der Waals surface area contributed by atoms with Crippen LogP contribution < -0.4 is 5.32 Å². The van der Waals surface area contributed by atoms with Gasteiger partial charge in [0, 0.05) is 12.5 Å².